The van der Waals surface area contributed by atoms with Crippen LogP contribution in [0.4, 0.5) is 0 Å². The van der Waals surface area contributed by atoms with E-state index in [-0.39, 0.29) is 11.4 Å². The van der Waals surface area contributed by atoms with Gasteiger partial charge in [0.25, 0.3) is 0 Å². The molecule has 0 bridgehead atoms. The molecule has 5 nitrogen and oxygen atoms in total. The first kappa shape index (κ1) is 17.1. The summed E-state index contributed by atoms with van der Waals surface area (Å²) < 4.78 is 29.0. The standard InChI is InChI=1S/C19H16N2O3S2/c22-16(15-12-25-17-8-2-1-7-14(15)17)11-21-26(23,24)18-9-3-5-13-6-4-10-20-19(13)18/h1-10,12,16,21-22H,11H2. The number of benzene rings is 2. The lowest BCUT2D eigenvalue weighted by Gasteiger charge is -2.13. The van der Waals surface area contributed by atoms with Crippen LogP contribution in [0.25, 0.3) is 21.0 Å². The Balaban J connectivity index is 1.60. The summed E-state index contributed by atoms with van der Waals surface area (Å²) in [7, 11) is -3.80. The highest BCUT2D eigenvalue weighted by Gasteiger charge is 2.21. The van der Waals surface area contributed by atoms with E-state index in [9.17, 15) is 13.5 Å². The lowest BCUT2D eigenvalue weighted by Crippen LogP contribution is -2.28. The minimum absolute atomic E-state index is 0.105. The van der Waals surface area contributed by atoms with Crippen molar-refractivity contribution in [3.63, 3.8) is 0 Å². The predicted octanol–water partition coefficient (Wildman–Crippen LogP) is 3.46. The third kappa shape index (κ3) is 3.10. The largest absolute Gasteiger partial charge is 0.387 e. The number of aliphatic hydroxyl groups excluding tert-OH is 1. The first-order valence-electron chi connectivity index (χ1n) is 8.04. The lowest BCUT2D eigenvalue weighted by atomic mass is 10.1. The summed E-state index contributed by atoms with van der Waals surface area (Å²) in [5.74, 6) is 0. The molecule has 2 aromatic heterocycles. The van der Waals surface area contributed by atoms with Crippen LogP contribution in [0.2, 0.25) is 0 Å². The lowest BCUT2D eigenvalue weighted by molar-refractivity contribution is 0.184. The molecule has 0 saturated heterocycles. The zero-order valence-corrected chi connectivity index (χ0v) is 15.3. The topological polar surface area (TPSA) is 79.3 Å². The van der Waals surface area contributed by atoms with Crippen LogP contribution in [0.3, 0.4) is 0 Å². The zero-order chi connectivity index (χ0) is 18.1. The Morgan fingerprint density at radius 3 is 2.77 bits per heavy atom. The summed E-state index contributed by atoms with van der Waals surface area (Å²) in [5.41, 5.74) is 1.14. The Hall–Kier alpha value is -2.32. The quantitative estimate of drug-likeness (QED) is 0.552. The van der Waals surface area contributed by atoms with E-state index in [1.54, 1.807) is 18.3 Å². The van der Waals surface area contributed by atoms with E-state index in [1.165, 1.54) is 17.4 Å². The fraction of sp³-hybridized carbons (Fsp3) is 0.105. The third-order valence-corrected chi connectivity index (χ3v) is 6.66. The van der Waals surface area contributed by atoms with Crippen LogP contribution in [0.1, 0.15) is 11.7 Å². The van der Waals surface area contributed by atoms with E-state index < -0.39 is 16.1 Å². The highest BCUT2D eigenvalue weighted by atomic mass is 32.2. The normalized spacial score (nSPS) is 13.3. The average Bonchev–Trinajstić information content (AvgIpc) is 3.10. The molecule has 2 N–H and O–H groups in total. The average molecular weight is 384 g/mol. The number of nitrogens with one attached hydrogen (secondary N) is 1. The molecule has 0 aliphatic heterocycles. The number of rotatable bonds is 5. The van der Waals surface area contributed by atoms with Crippen molar-refractivity contribution in [1.29, 1.82) is 0 Å². The van der Waals surface area contributed by atoms with Crippen molar-refractivity contribution >= 4 is 42.3 Å². The van der Waals surface area contributed by atoms with Gasteiger partial charge in [0, 0.05) is 28.4 Å². The Morgan fingerprint density at radius 1 is 1.08 bits per heavy atom. The highest BCUT2D eigenvalue weighted by Crippen LogP contribution is 2.30. The second-order valence-corrected chi connectivity index (χ2v) is 8.53. The molecule has 2 aromatic carbocycles. The Morgan fingerprint density at radius 2 is 1.88 bits per heavy atom. The molecule has 4 rings (SSSR count). The van der Waals surface area contributed by atoms with Crippen molar-refractivity contribution in [2.45, 2.75) is 11.0 Å². The van der Waals surface area contributed by atoms with Gasteiger partial charge in [-0.05, 0) is 29.0 Å². The Kier molecular flexibility index (Phi) is 4.46. The number of pyridine rings is 1. The third-order valence-electron chi connectivity index (χ3n) is 4.22. The molecule has 0 aliphatic carbocycles. The fourth-order valence-corrected chi connectivity index (χ4v) is 5.15. The van der Waals surface area contributed by atoms with Gasteiger partial charge < -0.3 is 5.11 Å². The Bertz CT molecular complexity index is 1180. The highest BCUT2D eigenvalue weighted by molar-refractivity contribution is 7.89. The molecule has 0 fully saturated rings. The summed E-state index contributed by atoms with van der Waals surface area (Å²) in [6, 6.07) is 16.3. The number of aliphatic hydroxyl groups is 1. The van der Waals surface area contributed by atoms with Crippen LogP contribution in [0, 0.1) is 0 Å². The summed E-state index contributed by atoms with van der Waals surface area (Å²) in [5, 5.41) is 14.0. The van der Waals surface area contributed by atoms with Crippen LogP contribution in [-0.2, 0) is 10.0 Å². The molecule has 1 unspecified atom stereocenters. The molecule has 26 heavy (non-hydrogen) atoms. The first-order chi connectivity index (χ1) is 12.6. The molecule has 2 heterocycles. The van der Waals surface area contributed by atoms with Crippen LogP contribution < -0.4 is 4.72 Å². The van der Waals surface area contributed by atoms with E-state index >= 15 is 0 Å². The number of para-hydroxylation sites is 1. The van der Waals surface area contributed by atoms with Gasteiger partial charge in [0.1, 0.15) is 4.90 Å². The van der Waals surface area contributed by atoms with Crippen LogP contribution >= 0.6 is 11.3 Å². The summed E-state index contributed by atoms with van der Waals surface area (Å²) in [4.78, 5) is 4.29. The van der Waals surface area contributed by atoms with Crippen LogP contribution in [0.5, 0.6) is 0 Å². The van der Waals surface area contributed by atoms with E-state index in [0.717, 1.165) is 21.0 Å². The van der Waals surface area contributed by atoms with Gasteiger partial charge >= 0.3 is 0 Å². The SMILES string of the molecule is O=S(=O)(NCC(O)c1csc2ccccc12)c1cccc2cccnc12. The fourth-order valence-electron chi connectivity index (χ4n) is 2.93. The maximum absolute atomic E-state index is 12.7. The molecule has 7 heteroatoms. The van der Waals surface area contributed by atoms with Crippen molar-refractivity contribution in [2.75, 3.05) is 6.54 Å². The van der Waals surface area contributed by atoms with Gasteiger partial charge in [-0.25, -0.2) is 13.1 Å². The number of nitrogens with zero attached hydrogens (tertiary/aromatic N) is 1. The summed E-state index contributed by atoms with van der Waals surface area (Å²) in [6.07, 6.45) is 0.636. The molecular formula is C19H16N2O3S2. The second kappa shape index (κ2) is 6.77. The molecule has 132 valence electrons. The number of hydrogen-bond acceptors (Lipinski definition) is 5. The van der Waals surface area contributed by atoms with Crippen LogP contribution in [-0.4, -0.2) is 25.1 Å². The van der Waals surface area contributed by atoms with Crippen LogP contribution in [0.15, 0.2) is 71.1 Å². The number of sulfonamides is 1. The van der Waals surface area contributed by atoms with E-state index in [1.807, 2.05) is 41.8 Å². The van der Waals surface area contributed by atoms with Crippen molar-refractivity contribution in [3.8, 4) is 0 Å². The maximum Gasteiger partial charge on any atom is 0.242 e. The van der Waals surface area contributed by atoms with Crippen molar-refractivity contribution < 1.29 is 13.5 Å². The maximum atomic E-state index is 12.7. The number of hydrogen-bond donors (Lipinski definition) is 2. The van der Waals surface area contributed by atoms with Crippen molar-refractivity contribution in [1.82, 2.24) is 9.71 Å². The van der Waals surface area contributed by atoms with Gasteiger partial charge in [0.05, 0.1) is 11.6 Å². The molecule has 0 spiro atoms. The minimum Gasteiger partial charge on any atom is -0.387 e. The van der Waals surface area contributed by atoms with Gasteiger partial charge in [0.2, 0.25) is 10.0 Å². The monoisotopic (exact) mass is 384 g/mol. The zero-order valence-electron chi connectivity index (χ0n) is 13.7. The van der Waals surface area contributed by atoms with E-state index in [4.69, 9.17) is 0 Å². The molecule has 0 radical (unpaired) electrons. The van der Waals surface area contributed by atoms with Gasteiger partial charge in [-0.3, -0.25) is 4.98 Å². The molecule has 1 atom stereocenters. The second-order valence-electron chi connectivity index (χ2n) is 5.89. The Labute approximate surface area is 155 Å². The molecular weight excluding hydrogens is 368 g/mol. The predicted molar refractivity (Wildman–Crippen MR) is 104 cm³/mol. The van der Waals surface area contributed by atoms with Crippen molar-refractivity contribution in [3.05, 3.63) is 71.7 Å². The van der Waals surface area contributed by atoms with Gasteiger partial charge in [-0.1, -0.05) is 36.4 Å². The molecule has 0 saturated carbocycles. The van der Waals surface area contributed by atoms with E-state index in [0.29, 0.717) is 5.52 Å². The number of fused-ring (bicyclic) bond motifs is 2. The first-order valence-corrected chi connectivity index (χ1v) is 10.4. The molecule has 0 aliphatic rings. The number of aromatic nitrogens is 1. The minimum atomic E-state index is -3.80. The molecule has 4 aromatic rings. The van der Waals surface area contributed by atoms with Gasteiger partial charge in [0.15, 0.2) is 0 Å². The number of thiophene rings is 1. The van der Waals surface area contributed by atoms with E-state index in [2.05, 4.69) is 9.71 Å². The van der Waals surface area contributed by atoms with Gasteiger partial charge in [-0.15, -0.1) is 11.3 Å². The summed E-state index contributed by atoms with van der Waals surface area (Å²) in [6.45, 7) is -0.105. The van der Waals surface area contributed by atoms with Crippen molar-refractivity contribution in [2.24, 2.45) is 0 Å². The van der Waals surface area contributed by atoms with Gasteiger partial charge in [-0.2, -0.15) is 0 Å². The molecule has 0 amide bonds. The smallest absolute Gasteiger partial charge is 0.242 e. The summed E-state index contributed by atoms with van der Waals surface area (Å²) >= 11 is 1.53.